The largest absolute Gasteiger partial charge is 0.394 e. The first-order valence-electron chi connectivity index (χ1n) is 6.50. The highest BCUT2D eigenvalue weighted by Gasteiger charge is 2.19. The number of aliphatic hydroxyl groups excluding tert-OH is 2. The fourth-order valence-electron chi connectivity index (χ4n) is 2.21. The topological polar surface area (TPSA) is 52.9 Å². The summed E-state index contributed by atoms with van der Waals surface area (Å²) in [6.45, 7) is 4.22. The lowest BCUT2D eigenvalue weighted by atomic mass is 10.1. The average molecular weight is 251 g/mol. The Balaban J connectivity index is 2.04. The van der Waals surface area contributed by atoms with Crippen molar-refractivity contribution in [1.82, 2.24) is 0 Å². The third-order valence-electron chi connectivity index (χ3n) is 3.37. The molecule has 1 saturated heterocycles. The molecule has 1 unspecified atom stereocenters. The van der Waals surface area contributed by atoms with Crippen molar-refractivity contribution < 1.29 is 14.9 Å². The monoisotopic (exact) mass is 251 g/mol. The zero-order chi connectivity index (χ0) is 13.0. The van der Waals surface area contributed by atoms with Crippen molar-refractivity contribution in [2.45, 2.75) is 25.6 Å². The molecular formula is C14H21NO3. The number of benzene rings is 1. The van der Waals surface area contributed by atoms with E-state index in [0.29, 0.717) is 13.2 Å². The van der Waals surface area contributed by atoms with Gasteiger partial charge in [-0.2, -0.15) is 0 Å². The summed E-state index contributed by atoms with van der Waals surface area (Å²) in [5.74, 6) is 0. The molecule has 1 fully saturated rings. The van der Waals surface area contributed by atoms with Crippen LogP contribution in [-0.4, -0.2) is 42.6 Å². The maximum atomic E-state index is 9.74. The minimum Gasteiger partial charge on any atom is -0.394 e. The van der Waals surface area contributed by atoms with E-state index in [9.17, 15) is 5.11 Å². The zero-order valence-corrected chi connectivity index (χ0v) is 10.7. The second-order valence-electron chi connectivity index (χ2n) is 4.64. The third kappa shape index (κ3) is 3.02. The number of anilines is 1. The molecule has 4 heteroatoms. The van der Waals surface area contributed by atoms with Crippen LogP contribution in [0.25, 0.3) is 0 Å². The van der Waals surface area contributed by atoms with Crippen molar-refractivity contribution in [2.24, 2.45) is 0 Å². The van der Waals surface area contributed by atoms with Crippen LogP contribution >= 0.6 is 0 Å². The molecule has 1 aliphatic heterocycles. The van der Waals surface area contributed by atoms with Gasteiger partial charge in [-0.3, -0.25) is 0 Å². The van der Waals surface area contributed by atoms with E-state index in [1.807, 2.05) is 31.2 Å². The highest BCUT2D eigenvalue weighted by Crippen LogP contribution is 2.22. The van der Waals surface area contributed by atoms with Crippen LogP contribution in [0.4, 0.5) is 5.69 Å². The molecule has 1 aliphatic rings. The minimum atomic E-state index is -0.381. The molecular weight excluding hydrogens is 230 g/mol. The molecule has 0 aromatic heterocycles. The highest BCUT2D eigenvalue weighted by atomic mass is 16.5. The maximum Gasteiger partial charge on any atom is 0.0980 e. The first-order valence-corrected chi connectivity index (χ1v) is 6.50. The van der Waals surface area contributed by atoms with E-state index in [0.717, 1.165) is 24.2 Å². The molecule has 0 bridgehead atoms. The van der Waals surface area contributed by atoms with Gasteiger partial charge in [-0.25, -0.2) is 0 Å². The number of nitrogens with zero attached hydrogens (tertiary/aromatic N) is 1. The highest BCUT2D eigenvalue weighted by molar-refractivity contribution is 5.48. The average Bonchev–Trinajstić information content (AvgIpc) is 2.46. The molecule has 100 valence electrons. The zero-order valence-electron chi connectivity index (χ0n) is 10.7. The van der Waals surface area contributed by atoms with Crippen LogP contribution in [0.15, 0.2) is 24.3 Å². The Kier molecular flexibility index (Phi) is 4.58. The molecule has 2 rings (SSSR count). The lowest BCUT2D eigenvalue weighted by Crippen LogP contribution is -2.44. The van der Waals surface area contributed by atoms with Crippen LogP contribution in [0, 0.1) is 0 Å². The van der Waals surface area contributed by atoms with E-state index in [-0.39, 0.29) is 18.8 Å². The van der Waals surface area contributed by atoms with E-state index in [1.165, 1.54) is 0 Å². The van der Waals surface area contributed by atoms with E-state index in [2.05, 4.69) is 4.90 Å². The fraction of sp³-hybridized carbons (Fsp3) is 0.571. The molecule has 18 heavy (non-hydrogen) atoms. The summed E-state index contributed by atoms with van der Waals surface area (Å²) in [5.41, 5.74) is 2.07. The predicted molar refractivity (Wildman–Crippen MR) is 70.7 cm³/mol. The summed E-state index contributed by atoms with van der Waals surface area (Å²) in [5, 5.41) is 18.9. The van der Waals surface area contributed by atoms with E-state index in [4.69, 9.17) is 9.84 Å². The molecule has 1 aromatic rings. The smallest absolute Gasteiger partial charge is 0.0980 e. The fourth-order valence-corrected chi connectivity index (χ4v) is 2.21. The van der Waals surface area contributed by atoms with Crippen molar-refractivity contribution in [2.75, 3.05) is 31.2 Å². The van der Waals surface area contributed by atoms with Gasteiger partial charge in [-0.15, -0.1) is 0 Å². The first kappa shape index (κ1) is 13.3. The van der Waals surface area contributed by atoms with Gasteiger partial charge in [0, 0.05) is 18.8 Å². The Hall–Kier alpha value is -1.10. The Morgan fingerprint density at radius 3 is 2.72 bits per heavy atom. The number of hydrogen-bond acceptors (Lipinski definition) is 4. The summed E-state index contributed by atoms with van der Waals surface area (Å²) >= 11 is 0. The molecule has 0 spiro atoms. The summed E-state index contributed by atoms with van der Waals surface area (Å²) in [6.07, 6.45) is 0.248. The number of aliphatic hydroxyl groups is 2. The molecule has 0 aliphatic carbocycles. The van der Waals surface area contributed by atoms with Crippen LogP contribution in [-0.2, 0) is 4.74 Å². The molecule has 0 saturated carbocycles. The normalized spacial score (nSPS) is 21.9. The number of rotatable bonds is 4. The summed E-state index contributed by atoms with van der Waals surface area (Å²) in [7, 11) is 0. The van der Waals surface area contributed by atoms with Crippen LogP contribution in [0.5, 0.6) is 0 Å². The van der Waals surface area contributed by atoms with Crippen LogP contribution in [0.2, 0.25) is 0 Å². The predicted octanol–water partition coefficient (Wildman–Crippen LogP) is 1.33. The van der Waals surface area contributed by atoms with Gasteiger partial charge in [0.1, 0.15) is 0 Å². The van der Waals surface area contributed by atoms with E-state index >= 15 is 0 Å². The molecule has 0 radical (unpaired) electrons. The lowest BCUT2D eigenvalue weighted by molar-refractivity contribution is 0.00356. The minimum absolute atomic E-state index is 0.0587. The molecule has 4 nitrogen and oxygen atoms in total. The Morgan fingerprint density at radius 2 is 2.11 bits per heavy atom. The van der Waals surface area contributed by atoms with Crippen LogP contribution in [0.3, 0.4) is 0 Å². The maximum absolute atomic E-state index is 9.74. The van der Waals surface area contributed by atoms with Crippen molar-refractivity contribution >= 4 is 5.69 Å². The quantitative estimate of drug-likeness (QED) is 0.847. The number of morpholine rings is 1. The van der Waals surface area contributed by atoms with Gasteiger partial charge in [0.05, 0.1) is 25.4 Å². The van der Waals surface area contributed by atoms with Crippen molar-refractivity contribution in [3.63, 3.8) is 0 Å². The third-order valence-corrected chi connectivity index (χ3v) is 3.37. The van der Waals surface area contributed by atoms with Gasteiger partial charge in [-0.1, -0.05) is 19.1 Å². The SMILES string of the molecule is CC[C@@H](O)c1ccc(N2CCOC(CO)C2)cc1. The Morgan fingerprint density at radius 1 is 1.39 bits per heavy atom. The first-order chi connectivity index (χ1) is 8.74. The van der Waals surface area contributed by atoms with Gasteiger partial charge in [0.25, 0.3) is 0 Å². The van der Waals surface area contributed by atoms with Crippen molar-refractivity contribution in [3.8, 4) is 0 Å². The molecule has 0 amide bonds. The van der Waals surface area contributed by atoms with E-state index < -0.39 is 0 Å². The van der Waals surface area contributed by atoms with Gasteiger partial charge < -0.3 is 19.8 Å². The standard InChI is InChI=1S/C14H21NO3/c1-2-14(17)11-3-5-12(6-4-11)15-7-8-18-13(9-15)10-16/h3-6,13-14,16-17H,2,7-10H2,1H3/t13?,14-/m1/s1. The summed E-state index contributed by atoms with van der Waals surface area (Å²) in [4.78, 5) is 2.20. The van der Waals surface area contributed by atoms with Gasteiger partial charge in [-0.05, 0) is 24.1 Å². The Bertz CT molecular complexity index is 366. The lowest BCUT2D eigenvalue weighted by Gasteiger charge is -2.33. The molecule has 1 aromatic carbocycles. The van der Waals surface area contributed by atoms with Crippen LogP contribution in [0.1, 0.15) is 25.0 Å². The Labute approximate surface area is 108 Å². The summed E-state index contributed by atoms with van der Waals surface area (Å²) < 4.78 is 5.43. The van der Waals surface area contributed by atoms with Crippen molar-refractivity contribution in [1.29, 1.82) is 0 Å². The van der Waals surface area contributed by atoms with Gasteiger partial charge in [0.15, 0.2) is 0 Å². The van der Waals surface area contributed by atoms with Crippen molar-refractivity contribution in [3.05, 3.63) is 29.8 Å². The number of ether oxygens (including phenoxy) is 1. The van der Waals surface area contributed by atoms with Gasteiger partial charge in [0.2, 0.25) is 0 Å². The van der Waals surface area contributed by atoms with E-state index in [1.54, 1.807) is 0 Å². The molecule has 2 N–H and O–H groups in total. The molecule has 2 atom stereocenters. The van der Waals surface area contributed by atoms with Crippen LogP contribution < -0.4 is 4.90 Å². The second-order valence-corrected chi connectivity index (χ2v) is 4.64. The number of hydrogen-bond donors (Lipinski definition) is 2. The van der Waals surface area contributed by atoms with Gasteiger partial charge >= 0.3 is 0 Å². The second kappa shape index (κ2) is 6.18. The molecule has 1 heterocycles. The summed E-state index contributed by atoms with van der Waals surface area (Å²) in [6, 6.07) is 7.97.